The van der Waals surface area contributed by atoms with E-state index in [2.05, 4.69) is 10.6 Å². The molecule has 0 spiro atoms. The summed E-state index contributed by atoms with van der Waals surface area (Å²) in [4.78, 5) is 12.2. The molecular weight excluding hydrogens is 288 g/mol. The molecule has 2 aromatic rings. The van der Waals surface area contributed by atoms with Gasteiger partial charge in [0, 0.05) is 0 Å². The van der Waals surface area contributed by atoms with Crippen LogP contribution in [0.3, 0.4) is 0 Å². The topological polar surface area (TPSA) is 63.5 Å². The van der Waals surface area contributed by atoms with Crippen LogP contribution in [0.4, 0.5) is 0 Å². The summed E-state index contributed by atoms with van der Waals surface area (Å²) in [6, 6.07) is 10.6. The maximum atomic E-state index is 12.2. The van der Waals surface area contributed by atoms with E-state index in [-0.39, 0.29) is 11.0 Å². The van der Waals surface area contributed by atoms with Crippen molar-refractivity contribution in [3.05, 3.63) is 54.0 Å². The van der Waals surface area contributed by atoms with Crippen molar-refractivity contribution < 1.29 is 13.9 Å². The van der Waals surface area contributed by atoms with E-state index in [1.54, 1.807) is 30.5 Å². The van der Waals surface area contributed by atoms with Crippen LogP contribution in [0.1, 0.15) is 23.0 Å². The van der Waals surface area contributed by atoms with Gasteiger partial charge in [-0.05, 0) is 43.4 Å². The minimum absolute atomic E-state index is 0.239. The highest BCUT2D eigenvalue weighted by Crippen LogP contribution is 2.17. The number of amides is 1. The second-order valence-electron chi connectivity index (χ2n) is 4.15. The molecule has 0 fully saturated rings. The van der Waals surface area contributed by atoms with Crippen molar-refractivity contribution in [2.75, 3.05) is 6.61 Å². The number of hydrogen-bond donors (Lipinski definition) is 2. The molecule has 21 heavy (non-hydrogen) atoms. The molecule has 1 aromatic heterocycles. The van der Waals surface area contributed by atoms with Crippen LogP contribution in [-0.2, 0) is 6.54 Å². The molecule has 0 bridgehead atoms. The zero-order valence-electron chi connectivity index (χ0n) is 11.6. The predicted octanol–water partition coefficient (Wildman–Crippen LogP) is 2.48. The molecule has 0 aliphatic heterocycles. The fraction of sp³-hybridized carbons (Fsp3) is 0.200. The number of rotatable bonds is 5. The van der Waals surface area contributed by atoms with E-state index >= 15 is 0 Å². The number of benzene rings is 1. The number of furan rings is 1. The summed E-state index contributed by atoms with van der Waals surface area (Å²) in [7, 11) is 0. The van der Waals surface area contributed by atoms with Gasteiger partial charge in [-0.1, -0.05) is 12.1 Å². The van der Waals surface area contributed by atoms with E-state index < -0.39 is 0 Å². The van der Waals surface area contributed by atoms with Crippen LogP contribution in [0.2, 0.25) is 0 Å². The van der Waals surface area contributed by atoms with Gasteiger partial charge in [0.2, 0.25) is 0 Å². The second kappa shape index (κ2) is 7.44. The molecule has 2 N–H and O–H groups in total. The summed E-state index contributed by atoms with van der Waals surface area (Å²) in [5.41, 5.74) is 0.446. The van der Waals surface area contributed by atoms with Crippen molar-refractivity contribution >= 4 is 23.2 Å². The van der Waals surface area contributed by atoms with Crippen LogP contribution in [0.15, 0.2) is 47.1 Å². The van der Waals surface area contributed by atoms with Crippen molar-refractivity contribution in [1.82, 2.24) is 10.6 Å². The molecule has 5 nitrogen and oxygen atoms in total. The zero-order valence-corrected chi connectivity index (χ0v) is 12.4. The Morgan fingerprint density at radius 1 is 1.29 bits per heavy atom. The minimum Gasteiger partial charge on any atom is -0.493 e. The van der Waals surface area contributed by atoms with Gasteiger partial charge in [-0.3, -0.25) is 10.1 Å². The molecule has 6 heteroatoms. The van der Waals surface area contributed by atoms with E-state index in [0.717, 1.165) is 5.76 Å². The highest BCUT2D eigenvalue weighted by atomic mass is 32.1. The van der Waals surface area contributed by atoms with Crippen molar-refractivity contribution in [2.24, 2.45) is 0 Å². The monoisotopic (exact) mass is 304 g/mol. The van der Waals surface area contributed by atoms with E-state index in [1.807, 2.05) is 19.1 Å². The summed E-state index contributed by atoms with van der Waals surface area (Å²) in [5, 5.41) is 5.76. The standard InChI is InChI=1S/C15H16N2O3S/c1-2-19-13-8-4-3-7-12(13)14(18)17-15(21)16-10-11-6-5-9-20-11/h3-9H,2,10H2,1H3,(H2,16,17,18,21). The maximum Gasteiger partial charge on any atom is 0.261 e. The molecule has 110 valence electrons. The highest BCUT2D eigenvalue weighted by Gasteiger charge is 2.13. The number of carbonyl (C=O) groups is 1. The Balaban J connectivity index is 1.93. The van der Waals surface area contributed by atoms with Crippen LogP contribution in [-0.4, -0.2) is 17.6 Å². The first-order chi connectivity index (χ1) is 10.2. The molecule has 1 aromatic carbocycles. The van der Waals surface area contributed by atoms with Gasteiger partial charge in [-0.15, -0.1) is 0 Å². The van der Waals surface area contributed by atoms with Crippen molar-refractivity contribution in [1.29, 1.82) is 0 Å². The van der Waals surface area contributed by atoms with Crippen molar-refractivity contribution in [3.63, 3.8) is 0 Å². The van der Waals surface area contributed by atoms with E-state index in [1.165, 1.54) is 0 Å². The largest absolute Gasteiger partial charge is 0.493 e. The van der Waals surface area contributed by atoms with Crippen LogP contribution >= 0.6 is 12.2 Å². The number of para-hydroxylation sites is 1. The summed E-state index contributed by atoms with van der Waals surface area (Å²) in [6.45, 7) is 2.77. The van der Waals surface area contributed by atoms with Gasteiger partial charge in [-0.2, -0.15) is 0 Å². The molecule has 0 radical (unpaired) electrons. The molecule has 0 atom stereocenters. The molecule has 0 aliphatic rings. The van der Waals surface area contributed by atoms with Crippen molar-refractivity contribution in [3.8, 4) is 5.75 Å². The SMILES string of the molecule is CCOc1ccccc1C(=O)NC(=S)NCc1ccco1. The third-order valence-electron chi connectivity index (χ3n) is 2.66. The molecule has 1 amide bonds. The predicted molar refractivity (Wildman–Crippen MR) is 83.2 cm³/mol. The average Bonchev–Trinajstić information content (AvgIpc) is 2.99. The van der Waals surface area contributed by atoms with Gasteiger partial charge in [-0.25, -0.2) is 0 Å². The van der Waals surface area contributed by atoms with E-state index in [0.29, 0.717) is 24.5 Å². The number of nitrogens with one attached hydrogen (secondary N) is 2. The Labute approximate surface area is 128 Å². The van der Waals surface area contributed by atoms with Crippen molar-refractivity contribution in [2.45, 2.75) is 13.5 Å². The Morgan fingerprint density at radius 2 is 2.10 bits per heavy atom. The lowest BCUT2D eigenvalue weighted by atomic mass is 10.2. The maximum absolute atomic E-state index is 12.2. The summed E-state index contributed by atoms with van der Waals surface area (Å²) in [6.07, 6.45) is 1.58. The molecule has 0 unspecified atom stereocenters. The summed E-state index contributed by atoms with van der Waals surface area (Å²) in [5.74, 6) is 0.962. The molecule has 0 saturated carbocycles. The number of ether oxygens (including phenoxy) is 1. The number of carbonyl (C=O) groups excluding carboxylic acids is 1. The lowest BCUT2D eigenvalue weighted by Gasteiger charge is -2.11. The van der Waals surface area contributed by atoms with Gasteiger partial charge in [0.1, 0.15) is 11.5 Å². The first-order valence-corrected chi connectivity index (χ1v) is 6.95. The van der Waals surface area contributed by atoms with Crippen LogP contribution < -0.4 is 15.4 Å². The zero-order chi connectivity index (χ0) is 15.1. The number of thiocarbonyl (C=S) groups is 1. The Bertz CT molecular complexity index is 611. The van der Waals surface area contributed by atoms with Gasteiger partial charge in [0.15, 0.2) is 5.11 Å². The Hall–Kier alpha value is -2.34. The smallest absolute Gasteiger partial charge is 0.261 e. The lowest BCUT2D eigenvalue weighted by Crippen LogP contribution is -2.38. The average molecular weight is 304 g/mol. The third-order valence-corrected chi connectivity index (χ3v) is 2.91. The number of hydrogen-bond acceptors (Lipinski definition) is 4. The molecular formula is C15H16N2O3S. The highest BCUT2D eigenvalue weighted by molar-refractivity contribution is 7.80. The fourth-order valence-electron chi connectivity index (χ4n) is 1.73. The van der Waals surface area contributed by atoms with E-state index in [4.69, 9.17) is 21.4 Å². The summed E-state index contributed by atoms with van der Waals surface area (Å²) < 4.78 is 10.6. The third kappa shape index (κ3) is 4.32. The normalized spacial score (nSPS) is 9.95. The van der Waals surface area contributed by atoms with E-state index in [9.17, 15) is 4.79 Å². The van der Waals surface area contributed by atoms with Crippen LogP contribution in [0, 0.1) is 0 Å². The first-order valence-electron chi connectivity index (χ1n) is 6.54. The molecule has 2 rings (SSSR count). The second-order valence-corrected chi connectivity index (χ2v) is 4.55. The molecule has 0 aliphatic carbocycles. The van der Waals surface area contributed by atoms with Gasteiger partial charge < -0.3 is 14.5 Å². The molecule has 1 heterocycles. The Morgan fingerprint density at radius 3 is 2.81 bits per heavy atom. The first kappa shape index (κ1) is 15.1. The minimum atomic E-state index is -0.309. The lowest BCUT2D eigenvalue weighted by molar-refractivity contribution is 0.0973. The summed E-state index contributed by atoms with van der Waals surface area (Å²) >= 11 is 5.09. The fourth-order valence-corrected chi connectivity index (χ4v) is 1.90. The Kier molecular flexibility index (Phi) is 5.34. The quantitative estimate of drug-likeness (QED) is 0.831. The molecule has 0 saturated heterocycles. The van der Waals surface area contributed by atoms with Gasteiger partial charge >= 0.3 is 0 Å². The van der Waals surface area contributed by atoms with Crippen LogP contribution in [0.25, 0.3) is 0 Å². The van der Waals surface area contributed by atoms with Gasteiger partial charge in [0.25, 0.3) is 5.91 Å². The van der Waals surface area contributed by atoms with Gasteiger partial charge in [0.05, 0.1) is 25.0 Å². The van der Waals surface area contributed by atoms with Crippen LogP contribution in [0.5, 0.6) is 5.75 Å².